The summed E-state index contributed by atoms with van der Waals surface area (Å²) >= 11 is 3.41. The molecule has 114 valence electrons. The Labute approximate surface area is 139 Å². The van der Waals surface area contributed by atoms with E-state index in [9.17, 15) is 10.2 Å². The Morgan fingerprint density at radius 1 is 0.864 bits per heavy atom. The third-order valence-corrected chi connectivity index (χ3v) is 5.02. The molecule has 0 radical (unpaired) electrons. The van der Waals surface area contributed by atoms with E-state index in [0.717, 1.165) is 28.4 Å². The van der Waals surface area contributed by atoms with Crippen molar-refractivity contribution in [2.45, 2.75) is 25.0 Å². The van der Waals surface area contributed by atoms with E-state index in [-0.39, 0.29) is 0 Å². The molecule has 2 nitrogen and oxygen atoms in total. The molecule has 0 fully saturated rings. The van der Waals surface area contributed by atoms with Crippen LogP contribution >= 0.6 is 15.9 Å². The Hall–Kier alpha value is -1.42. The van der Waals surface area contributed by atoms with Crippen molar-refractivity contribution < 1.29 is 10.2 Å². The van der Waals surface area contributed by atoms with Crippen molar-refractivity contribution in [3.8, 4) is 0 Å². The van der Waals surface area contributed by atoms with Crippen LogP contribution in [0.1, 0.15) is 36.2 Å². The Morgan fingerprint density at radius 2 is 1.45 bits per heavy atom. The first kappa shape index (κ1) is 15.5. The average molecular weight is 359 g/mol. The highest BCUT2D eigenvalue weighted by Gasteiger charge is 2.45. The van der Waals surface area contributed by atoms with Crippen LogP contribution in [0.3, 0.4) is 0 Å². The predicted octanol–water partition coefficient (Wildman–Crippen LogP) is 4.55. The molecule has 1 aliphatic rings. The predicted molar refractivity (Wildman–Crippen MR) is 91.3 cm³/mol. The van der Waals surface area contributed by atoms with E-state index in [1.165, 1.54) is 0 Å². The van der Waals surface area contributed by atoms with Gasteiger partial charge >= 0.3 is 0 Å². The van der Waals surface area contributed by atoms with Gasteiger partial charge in [-0.2, -0.15) is 0 Å². The molecule has 0 bridgehead atoms. The molecule has 0 aromatic heterocycles. The number of aliphatic hydroxyl groups is 2. The lowest BCUT2D eigenvalue weighted by atomic mass is 9.71. The standard InChI is InChI=1S/C19H19BrO2/c20-16-10-8-15(9-11-16)18(22)19(12-4-5-13-19)17(21)14-6-2-1-3-7-14/h1-4,6-12,17-18,21-22H,5,13H2/t17-,18+,19-/m1/s1. The van der Waals surface area contributed by atoms with Crippen LogP contribution in [0.4, 0.5) is 0 Å². The van der Waals surface area contributed by atoms with Gasteiger partial charge in [-0.25, -0.2) is 0 Å². The second-order valence-corrected chi connectivity index (χ2v) is 6.74. The lowest BCUT2D eigenvalue weighted by Gasteiger charge is -2.38. The summed E-state index contributed by atoms with van der Waals surface area (Å²) in [5, 5.41) is 21.9. The van der Waals surface area contributed by atoms with Crippen LogP contribution in [0.5, 0.6) is 0 Å². The van der Waals surface area contributed by atoms with Crippen molar-refractivity contribution in [2.24, 2.45) is 5.41 Å². The maximum absolute atomic E-state index is 11.0. The fourth-order valence-electron chi connectivity index (χ4n) is 3.23. The van der Waals surface area contributed by atoms with Crippen LogP contribution in [0.2, 0.25) is 0 Å². The van der Waals surface area contributed by atoms with Gasteiger partial charge in [0.1, 0.15) is 0 Å². The zero-order chi connectivity index (χ0) is 15.6. The number of benzene rings is 2. The Balaban J connectivity index is 1.98. The monoisotopic (exact) mass is 358 g/mol. The van der Waals surface area contributed by atoms with Gasteiger partial charge in [0.15, 0.2) is 0 Å². The van der Waals surface area contributed by atoms with Gasteiger partial charge in [0.2, 0.25) is 0 Å². The van der Waals surface area contributed by atoms with Gasteiger partial charge in [0.05, 0.1) is 12.2 Å². The first-order valence-corrected chi connectivity index (χ1v) is 8.27. The van der Waals surface area contributed by atoms with Crippen molar-refractivity contribution in [1.82, 2.24) is 0 Å². The van der Waals surface area contributed by atoms with Gasteiger partial charge < -0.3 is 10.2 Å². The summed E-state index contributed by atoms with van der Waals surface area (Å²) < 4.78 is 0.975. The highest BCUT2D eigenvalue weighted by atomic mass is 79.9. The molecular weight excluding hydrogens is 340 g/mol. The summed E-state index contributed by atoms with van der Waals surface area (Å²) in [6.07, 6.45) is 4.17. The largest absolute Gasteiger partial charge is 0.387 e. The van der Waals surface area contributed by atoms with E-state index >= 15 is 0 Å². The third-order valence-electron chi connectivity index (χ3n) is 4.49. The molecule has 0 aliphatic heterocycles. The lowest BCUT2D eigenvalue weighted by molar-refractivity contribution is -0.0430. The summed E-state index contributed by atoms with van der Waals surface area (Å²) in [6.45, 7) is 0. The van der Waals surface area contributed by atoms with E-state index in [1.54, 1.807) is 0 Å². The van der Waals surface area contributed by atoms with E-state index < -0.39 is 17.6 Å². The molecule has 0 spiro atoms. The molecule has 3 rings (SSSR count). The highest BCUT2D eigenvalue weighted by Crippen LogP contribution is 2.51. The van der Waals surface area contributed by atoms with Gasteiger partial charge in [-0.15, -0.1) is 0 Å². The molecule has 22 heavy (non-hydrogen) atoms. The quantitative estimate of drug-likeness (QED) is 0.786. The molecule has 0 amide bonds. The molecule has 0 saturated carbocycles. The maximum atomic E-state index is 11.0. The fraction of sp³-hybridized carbons (Fsp3) is 0.263. The highest BCUT2D eigenvalue weighted by molar-refractivity contribution is 9.10. The molecular formula is C19H19BrO2. The Bertz CT molecular complexity index is 651. The molecule has 2 aromatic rings. The SMILES string of the molecule is O[C@H](c1ccccc1)[C@@]1([C@@H](O)c2ccc(Br)cc2)C=CCC1. The van der Waals surface area contributed by atoms with E-state index in [0.29, 0.717) is 0 Å². The molecule has 2 N–H and O–H groups in total. The average Bonchev–Trinajstić information content (AvgIpc) is 3.06. The van der Waals surface area contributed by atoms with Crippen LogP contribution in [-0.2, 0) is 0 Å². The smallest absolute Gasteiger partial charge is 0.0909 e. The fourth-order valence-corrected chi connectivity index (χ4v) is 3.49. The van der Waals surface area contributed by atoms with Crippen molar-refractivity contribution in [2.75, 3.05) is 0 Å². The molecule has 3 heteroatoms. The molecule has 2 aromatic carbocycles. The van der Waals surface area contributed by atoms with Crippen LogP contribution in [0.15, 0.2) is 71.2 Å². The maximum Gasteiger partial charge on any atom is 0.0909 e. The van der Waals surface area contributed by atoms with Crippen LogP contribution in [0.25, 0.3) is 0 Å². The first-order valence-electron chi connectivity index (χ1n) is 7.48. The number of halogens is 1. The van der Waals surface area contributed by atoms with Crippen LogP contribution < -0.4 is 0 Å². The minimum absolute atomic E-state index is 0.671. The van der Waals surface area contributed by atoms with E-state index in [2.05, 4.69) is 15.9 Å². The number of hydrogen-bond acceptors (Lipinski definition) is 2. The van der Waals surface area contributed by atoms with Gasteiger partial charge in [-0.1, -0.05) is 70.5 Å². The molecule has 1 aliphatic carbocycles. The zero-order valence-electron chi connectivity index (χ0n) is 12.2. The number of hydrogen-bond donors (Lipinski definition) is 2. The van der Waals surface area contributed by atoms with Gasteiger partial charge in [-0.3, -0.25) is 0 Å². The summed E-state index contributed by atoms with van der Waals surface area (Å²) in [5.41, 5.74) is 0.991. The zero-order valence-corrected chi connectivity index (χ0v) is 13.8. The third kappa shape index (κ3) is 2.76. The van der Waals surface area contributed by atoms with Crippen molar-refractivity contribution in [3.63, 3.8) is 0 Å². The second kappa shape index (κ2) is 6.37. The molecule has 0 heterocycles. The lowest BCUT2D eigenvalue weighted by Crippen LogP contribution is -2.32. The summed E-state index contributed by atoms with van der Waals surface area (Å²) in [6, 6.07) is 17.2. The van der Waals surface area contributed by atoms with Gasteiger partial charge in [0, 0.05) is 9.89 Å². The van der Waals surface area contributed by atoms with Crippen molar-refractivity contribution in [1.29, 1.82) is 0 Å². The normalized spacial score (nSPS) is 23.4. The molecule has 3 atom stereocenters. The van der Waals surface area contributed by atoms with Gasteiger partial charge in [-0.05, 0) is 36.1 Å². The van der Waals surface area contributed by atoms with Crippen molar-refractivity contribution in [3.05, 3.63) is 82.3 Å². The number of allylic oxidation sites excluding steroid dienone is 1. The number of aliphatic hydroxyl groups excluding tert-OH is 2. The first-order chi connectivity index (χ1) is 10.6. The number of rotatable bonds is 4. The summed E-state index contributed by atoms with van der Waals surface area (Å²) in [4.78, 5) is 0. The van der Waals surface area contributed by atoms with Crippen LogP contribution in [0, 0.1) is 5.41 Å². The minimum Gasteiger partial charge on any atom is -0.387 e. The Morgan fingerprint density at radius 3 is 2.00 bits per heavy atom. The van der Waals surface area contributed by atoms with E-state index in [4.69, 9.17) is 0 Å². The Kier molecular flexibility index (Phi) is 4.48. The second-order valence-electron chi connectivity index (χ2n) is 5.82. The van der Waals surface area contributed by atoms with E-state index in [1.807, 2.05) is 66.7 Å². The topological polar surface area (TPSA) is 40.5 Å². The molecule has 0 saturated heterocycles. The minimum atomic E-state index is -0.741. The van der Waals surface area contributed by atoms with Crippen LogP contribution in [-0.4, -0.2) is 10.2 Å². The van der Waals surface area contributed by atoms with Crippen molar-refractivity contribution >= 4 is 15.9 Å². The molecule has 0 unspecified atom stereocenters. The summed E-state index contributed by atoms with van der Waals surface area (Å²) in [7, 11) is 0. The summed E-state index contributed by atoms with van der Waals surface area (Å²) in [5.74, 6) is 0. The van der Waals surface area contributed by atoms with Gasteiger partial charge in [0.25, 0.3) is 0 Å².